The maximum atomic E-state index is 12.2. The minimum atomic E-state index is -0.140. The molecule has 2 N–H and O–H groups in total. The van der Waals surface area contributed by atoms with Gasteiger partial charge in [-0.3, -0.25) is 0 Å². The van der Waals surface area contributed by atoms with Gasteiger partial charge in [0.15, 0.2) is 0 Å². The topological polar surface area (TPSA) is 59.6 Å². The van der Waals surface area contributed by atoms with Gasteiger partial charge in [-0.15, -0.1) is 0 Å². The lowest BCUT2D eigenvalue weighted by molar-refractivity contribution is 0.119. The zero-order valence-electron chi connectivity index (χ0n) is 13.5. The van der Waals surface area contributed by atoms with Gasteiger partial charge in [0.05, 0.1) is 18.8 Å². The Labute approximate surface area is 137 Å². The van der Waals surface area contributed by atoms with Gasteiger partial charge in [-0.25, -0.2) is 4.79 Å². The summed E-state index contributed by atoms with van der Waals surface area (Å²) in [7, 11) is 0. The first kappa shape index (κ1) is 15.9. The van der Waals surface area contributed by atoms with Crippen molar-refractivity contribution < 1.29 is 14.3 Å². The molecule has 2 aliphatic heterocycles. The van der Waals surface area contributed by atoms with Crippen LogP contribution < -0.4 is 15.4 Å². The molecule has 1 aromatic carbocycles. The van der Waals surface area contributed by atoms with Crippen molar-refractivity contribution >= 4 is 6.03 Å². The largest absolute Gasteiger partial charge is 0.493 e. The number of benzene rings is 1. The van der Waals surface area contributed by atoms with Crippen LogP contribution >= 0.6 is 0 Å². The minimum absolute atomic E-state index is 0.00304. The number of hydrogen-bond acceptors (Lipinski definition) is 3. The van der Waals surface area contributed by atoms with Crippen LogP contribution in [0.15, 0.2) is 36.4 Å². The highest BCUT2D eigenvalue weighted by Gasteiger charge is 2.29. The summed E-state index contributed by atoms with van der Waals surface area (Å²) in [4.78, 5) is 12.2. The Balaban J connectivity index is 1.53. The number of amides is 2. The van der Waals surface area contributed by atoms with Crippen molar-refractivity contribution in [3.63, 3.8) is 0 Å². The van der Waals surface area contributed by atoms with Crippen molar-refractivity contribution in [3.8, 4) is 5.75 Å². The molecule has 5 nitrogen and oxygen atoms in total. The lowest BCUT2D eigenvalue weighted by atomic mass is 9.97. The average Bonchev–Trinajstić information content (AvgIpc) is 3.02. The van der Waals surface area contributed by atoms with Crippen molar-refractivity contribution in [2.24, 2.45) is 5.92 Å². The highest BCUT2D eigenvalue weighted by atomic mass is 16.5. The van der Waals surface area contributed by atoms with Crippen molar-refractivity contribution in [2.45, 2.75) is 31.9 Å². The predicted molar refractivity (Wildman–Crippen MR) is 88.5 cm³/mol. The summed E-state index contributed by atoms with van der Waals surface area (Å²) >= 11 is 0. The molecule has 0 bridgehead atoms. The number of nitrogens with one attached hydrogen (secondary N) is 2. The third-order valence-corrected chi connectivity index (χ3v) is 4.49. The van der Waals surface area contributed by atoms with Crippen LogP contribution in [-0.4, -0.2) is 31.9 Å². The number of rotatable bonds is 4. The van der Waals surface area contributed by atoms with Crippen LogP contribution in [0.25, 0.3) is 0 Å². The molecule has 1 aromatic rings. The van der Waals surface area contributed by atoms with Gasteiger partial charge in [0, 0.05) is 31.1 Å². The van der Waals surface area contributed by atoms with E-state index in [-0.39, 0.29) is 18.2 Å². The first-order valence-electron chi connectivity index (χ1n) is 8.18. The fraction of sp³-hybridized carbons (Fsp3) is 0.500. The van der Waals surface area contributed by atoms with Gasteiger partial charge in [-0.1, -0.05) is 30.4 Å². The molecule has 2 heterocycles. The number of urea groups is 1. The normalized spacial score (nSPS) is 26.0. The lowest BCUT2D eigenvalue weighted by Crippen LogP contribution is -2.42. The number of hydrogen-bond donors (Lipinski definition) is 2. The molecule has 23 heavy (non-hydrogen) atoms. The second-order valence-electron chi connectivity index (χ2n) is 6.27. The highest BCUT2D eigenvalue weighted by molar-refractivity contribution is 5.74. The fourth-order valence-corrected chi connectivity index (χ4v) is 3.31. The van der Waals surface area contributed by atoms with Crippen LogP contribution in [0.4, 0.5) is 4.79 Å². The predicted octanol–water partition coefficient (Wildman–Crippen LogP) is 2.79. The first-order chi connectivity index (χ1) is 11.1. The SMILES string of the molecule is C=C(C)[C@@H]1OCC[C@@H]1CNC(=O)N[C@@H]1CCOc2ccccc21. The lowest BCUT2D eigenvalue weighted by Gasteiger charge is -2.27. The molecule has 3 atom stereocenters. The average molecular weight is 316 g/mol. The van der Waals surface area contributed by atoms with E-state index in [4.69, 9.17) is 9.47 Å². The number of fused-ring (bicyclic) bond motifs is 1. The number of carbonyl (C=O) groups excluding carboxylic acids is 1. The molecule has 2 amide bonds. The molecule has 0 saturated carbocycles. The molecule has 124 valence electrons. The van der Waals surface area contributed by atoms with Crippen LogP contribution in [0.3, 0.4) is 0 Å². The molecule has 0 unspecified atom stereocenters. The summed E-state index contributed by atoms with van der Waals surface area (Å²) in [5.41, 5.74) is 2.06. The summed E-state index contributed by atoms with van der Waals surface area (Å²) in [6.45, 7) is 7.90. The molecule has 1 saturated heterocycles. The van der Waals surface area contributed by atoms with Gasteiger partial charge in [-0.2, -0.15) is 0 Å². The van der Waals surface area contributed by atoms with E-state index in [0.29, 0.717) is 19.1 Å². The van der Waals surface area contributed by atoms with Gasteiger partial charge in [-0.05, 0) is 19.4 Å². The molecule has 3 rings (SSSR count). The van der Waals surface area contributed by atoms with Crippen molar-refractivity contribution in [1.82, 2.24) is 10.6 Å². The second-order valence-corrected chi connectivity index (χ2v) is 6.27. The molecular weight excluding hydrogens is 292 g/mol. The van der Waals surface area contributed by atoms with Crippen molar-refractivity contribution in [1.29, 1.82) is 0 Å². The van der Waals surface area contributed by atoms with Crippen LogP contribution in [-0.2, 0) is 4.74 Å². The second kappa shape index (κ2) is 7.04. The fourth-order valence-electron chi connectivity index (χ4n) is 3.31. The van der Waals surface area contributed by atoms with Crippen LogP contribution in [0.2, 0.25) is 0 Å². The Morgan fingerprint density at radius 3 is 2.96 bits per heavy atom. The smallest absolute Gasteiger partial charge is 0.315 e. The van der Waals surface area contributed by atoms with Crippen LogP contribution in [0.1, 0.15) is 31.4 Å². The van der Waals surface area contributed by atoms with Crippen molar-refractivity contribution in [3.05, 3.63) is 42.0 Å². The van der Waals surface area contributed by atoms with Gasteiger partial charge in [0.25, 0.3) is 0 Å². The van der Waals surface area contributed by atoms with E-state index < -0.39 is 0 Å². The Kier molecular flexibility index (Phi) is 4.86. The zero-order chi connectivity index (χ0) is 16.2. The summed E-state index contributed by atoms with van der Waals surface area (Å²) in [5.74, 6) is 1.16. The number of para-hydroxylation sites is 1. The van der Waals surface area contributed by atoms with E-state index >= 15 is 0 Å². The monoisotopic (exact) mass is 316 g/mol. The molecule has 5 heteroatoms. The van der Waals surface area contributed by atoms with Crippen LogP contribution in [0, 0.1) is 5.92 Å². The van der Waals surface area contributed by atoms with E-state index in [9.17, 15) is 4.79 Å². The first-order valence-corrected chi connectivity index (χ1v) is 8.18. The van der Waals surface area contributed by atoms with Gasteiger partial charge in [0.1, 0.15) is 5.75 Å². The summed E-state index contributed by atoms with van der Waals surface area (Å²) in [6, 6.07) is 7.71. The minimum Gasteiger partial charge on any atom is -0.493 e. The quantitative estimate of drug-likeness (QED) is 0.840. The van der Waals surface area contributed by atoms with Gasteiger partial charge < -0.3 is 20.1 Å². The van der Waals surface area contributed by atoms with E-state index in [2.05, 4.69) is 17.2 Å². The maximum Gasteiger partial charge on any atom is 0.315 e. The molecule has 0 radical (unpaired) electrons. The maximum absolute atomic E-state index is 12.2. The highest BCUT2D eigenvalue weighted by Crippen LogP contribution is 2.31. The van der Waals surface area contributed by atoms with Gasteiger partial charge in [0.2, 0.25) is 0 Å². The van der Waals surface area contributed by atoms with E-state index in [0.717, 1.165) is 36.3 Å². The van der Waals surface area contributed by atoms with E-state index in [1.54, 1.807) is 0 Å². The molecule has 0 aromatic heterocycles. The molecule has 2 aliphatic rings. The van der Waals surface area contributed by atoms with Crippen molar-refractivity contribution in [2.75, 3.05) is 19.8 Å². The Morgan fingerprint density at radius 1 is 1.30 bits per heavy atom. The zero-order valence-corrected chi connectivity index (χ0v) is 13.5. The Bertz CT molecular complexity index is 587. The Hall–Kier alpha value is -2.01. The van der Waals surface area contributed by atoms with Crippen LogP contribution in [0.5, 0.6) is 5.75 Å². The summed E-state index contributed by atoms with van der Waals surface area (Å²) in [6.07, 6.45) is 1.79. The summed E-state index contributed by atoms with van der Waals surface area (Å²) < 4.78 is 11.3. The molecular formula is C18H24N2O3. The standard InChI is InChI=1S/C18H24N2O3/c1-12(2)17-13(7-9-23-17)11-19-18(21)20-15-8-10-22-16-6-4-3-5-14(15)16/h3-6,13,15,17H,1,7-11H2,2H3,(H2,19,20,21)/t13-,15-,17+/m1/s1. The summed E-state index contributed by atoms with van der Waals surface area (Å²) in [5, 5.41) is 6.03. The van der Waals surface area contributed by atoms with E-state index in [1.807, 2.05) is 31.2 Å². The third-order valence-electron chi connectivity index (χ3n) is 4.49. The molecule has 0 aliphatic carbocycles. The van der Waals surface area contributed by atoms with E-state index in [1.165, 1.54) is 0 Å². The number of ether oxygens (including phenoxy) is 2. The third kappa shape index (κ3) is 3.67. The molecule has 1 fully saturated rings. The number of carbonyl (C=O) groups is 1. The van der Waals surface area contributed by atoms with Gasteiger partial charge >= 0.3 is 6.03 Å². The molecule has 0 spiro atoms. The Morgan fingerprint density at radius 2 is 2.13 bits per heavy atom.